The van der Waals surface area contributed by atoms with E-state index in [4.69, 9.17) is 4.74 Å². The zero-order valence-electron chi connectivity index (χ0n) is 6.24. The minimum Gasteiger partial charge on any atom is -0.443 e. The number of ether oxygens (including phenoxy) is 1. The van der Waals surface area contributed by atoms with Gasteiger partial charge in [0, 0.05) is 13.1 Å². The molecule has 2 heterocycles. The number of hydrogen-bond donors (Lipinski definition) is 1. The van der Waals surface area contributed by atoms with Crippen molar-refractivity contribution in [2.45, 2.75) is 12.1 Å². The highest BCUT2D eigenvalue weighted by molar-refractivity contribution is 7.96. The summed E-state index contributed by atoms with van der Waals surface area (Å²) in [5, 5.41) is 2.76. The molecule has 2 saturated heterocycles. The maximum absolute atomic E-state index is 10.7. The Morgan fingerprint density at radius 3 is 3.18 bits per heavy atom. The first-order valence-electron chi connectivity index (χ1n) is 3.56. The van der Waals surface area contributed by atoms with Gasteiger partial charge in [-0.1, -0.05) is 11.9 Å². The fourth-order valence-corrected chi connectivity index (χ4v) is 2.08. The Morgan fingerprint density at radius 1 is 1.73 bits per heavy atom. The third kappa shape index (κ3) is 1.18. The second-order valence-corrected chi connectivity index (χ2v) is 3.61. The van der Waals surface area contributed by atoms with Crippen LogP contribution >= 0.6 is 11.9 Å². The van der Waals surface area contributed by atoms with Gasteiger partial charge in [0.1, 0.15) is 6.10 Å². The molecule has 2 atom stereocenters. The molecule has 0 aromatic heterocycles. The molecule has 2 rings (SSSR count). The van der Waals surface area contributed by atoms with Gasteiger partial charge in [0.15, 0.2) is 0 Å². The van der Waals surface area contributed by atoms with E-state index in [-0.39, 0.29) is 18.2 Å². The third-order valence-corrected chi connectivity index (χ3v) is 2.87. The fraction of sp³-hybridized carbons (Fsp3) is 0.833. The van der Waals surface area contributed by atoms with Crippen LogP contribution in [0, 0.1) is 0 Å². The van der Waals surface area contributed by atoms with Crippen LogP contribution in [0.3, 0.4) is 0 Å². The smallest absolute Gasteiger partial charge is 0.407 e. The molecule has 0 aromatic rings. The molecule has 0 spiro atoms. The van der Waals surface area contributed by atoms with Crippen molar-refractivity contribution in [3.63, 3.8) is 0 Å². The first-order valence-corrected chi connectivity index (χ1v) is 4.74. The van der Waals surface area contributed by atoms with E-state index in [0.29, 0.717) is 0 Å². The summed E-state index contributed by atoms with van der Waals surface area (Å²) in [6.07, 6.45) is 1.85. The standard InChI is InChI=1S/C6H10N2O2S/c1-11-8-2-4-5(3-8)10-6(9)7-4/h4-5H,2-3H2,1H3,(H,7,9). The van der Waals surface area contributed by atoms with Crippen molar-refractivity contribution in [1.82, 2.24) is 9.62 Å². The molecule has 2 aliphatic heterocycles. The van der Waals surface area contributed by atoms with E-state index in [1.807, 2.05) is 6.26 Å². The van der Waals surface area contributed by atoms with Gasteiger partial charge in [0.05, 0.1) is 6.04 Å². The number of carbonyl (C=O) groups excluding carboxylic acids is 1. The van der Waals surface area contributed by atoms with Crippen LogP contribution in [0.5, 0.6) is 0 Å². The van der Waals surface area contributed by atoms with E-state index in [2.05, 4.69) is 9.62 Å². The molecular weight excluding hydrogens is 164 g/mol. The molecule has 2 aliphatic rings. The Balaban J connectivity index is 1.98. The topological polar surface area (TPSA) is 41.6 Å². The molecule has 2 fully saturated rings. The highest BCUT2D eigenvalue weighted by Gasteiger charge is 2.41. The minimum absolute atomic E-state index is 0.0787. The number of rotatable bonds is 1. The van der Waals surface area contributed by atoms with Gasteiger partial charge in [0.25, 0.3) is 0 Å². The van der Waals surface area contributed by atoms with E-state index in [0.717, 1.165) is 13.1 Å². The van der Waals surface area contributed by atoms with E-state index >= 15 is 0 Å². The predicted octanol–water partition coefficient (Wildman–Crippen LogP) is 0.0570. The Hall–Kier alpha value is -0.420. The summed E-state index contributed by atoms with van der Waals surface area (Å²) in [5.74, 6) is 0. The molecule has 0 bridgehead atoms. The summed E-state index contributed by atoms with van der Waals surface area (Å²) >= 11 is 1.69. The lowest BCUT2D eigenvalue weighted by molar-refractivity contribution is 0.139. The molecule has 0 radical (unpaired) electrons. The lowest BCUT2D eigenvalue weighted by atomic mass is 10.2. The van der Waals surface area contributed by atoms with Gasteiger partial charge in [-0.05, 0) is 6.26 Å². The summed E-state index contributed by atoms with van der Waals surface area (Å²) in [5.41, 5.74) is 0. The van der Waals surface area contributed by atoms with Gasteiger partial charge in [-0.25, -0.2) is 9.10 Å². The molecule has 1 N–H and O–H groups in total. The van der Waals surface area contributed by atoms with Gasteiger partial charge < -0.3 is 10.1 Å². The molecule has 11 heavy (non-hydrogen) atoms. The number of hydrogen-bond acceptors (Lipinski definition) is 4. The fourth-order valence-electron chi connectivity index (χ4n) is 1.47. The van der Waals surface area contributed by atoms with Crippen LogP contribution in [0.4, 0.5) is 4.79 Å². The average Bonchev–Trinajstić information content (AvgIpc) is 2.43. The molecule has 5 heteroatoms. The summed E-state index contributed by atoms with van der Waals surface area (Å²) in [4.78, 5) is 10.7. The molecule has 4 nitrogen and oxygen atoms in total. The Morgan fingerprint density at radius 2 is 2.55 bits per heavy atom. The third-order valence-electron chi connectivity index (χ3n) is 2.05. The Labute approximate surface area is 69.4 Å². The highest BCUT2D eigenvalue weighted by Crippen LogP contribution is 2.22. The summed E-state index contributed by atoms with van der Waals surface area (Å²) in [7, 11) is 0. The number of alkyl carbamates (subject to hydrolysis) is 1. The molecule has 2 unspecified atom stereocenters. The summed E-state index contributed by atoms with van der Waals surface area (Å²) in [6.45, 7) is 1.75. The molecular formula is C6H10N2O2S. The van der Waals surface area contributed by atoms with Gasteiger partial charge in [-0.15, -0.1) is 0 Å². The van der Waals surface area contributed by atoms with Crippen LogP contribution in [0.15, 0.2) is 0 Å². The minimum atomic E-state index is -0.263. The van der Waals surface area contributed by atoms with Crippen LogP contribution in [-0.4, -0.2) is 41.9 Å². The first kappa shape index (κ1) is 7.24. The number of nitrogens with one attached hydrogen (secondary N) is 1. The zero-order valence-corrected chi connectivity index (χ0v) is 7.06. The molecule has 62 valence electrons. The van der Waals surface area contributed by atoms with Gasteiger partial charge >= 0.3 is 6.09 Å². The van der Waals surface area contributed by atoms with Crippen molar-refractivity contribution in [3.8, 4) is 0 Å². The monoisotopic (exact) mass is 174 g/mol. The Kier molecular flexibility index (Phi) is 1.69. The quantitative estimate of drug-likeness (QED) is 0.571. The second-order valence-electron chi connectivity index (χ2n) is 2.72. The first-order chi connectivity index (χ1) is 5.29. The Bertz CT molecular complexity index is 171. The van der Waals surface area contributed by atoms with E-state index < -0.39 is 0 Å². The summed E-state index contributed by atoms with van der Waals surface area (Å²) < 4.78 is 7.20. The number of fused-ring (bicyclic) bond motifs is 1. The maximum atomic E-state index is 10.7. The van der Waals surface area contributed by atoms with Crippen molar-refractivity contribution in [3.05, 3.63) is 0 Å². The molecule has 0 saturated carbocycles. The van der Waals surface area contributed by atoms with Crippen LogP contribution in [-0.2, 0) is 4.74 Å². The largest absolute Gasteiger partial charge is 0.443 e. The number of amides is 1. The lowest BCUT2D eigenvalue weighted by Gasteiger charge is -2.10. The van der Waals surface area contributed by atoms with E-state index in [1.165, 1.54) is 0 Å². The van der Waals surface area contributed by atoms with E-state index in [1.54, 1.807) is 11.9 Å². The van der Waals surface area contributed by atoms with Gasteiger partial charge in [-0.3, -0.25) is 0 Å². The van der Waals surface area contributed by atoms with Crippen molar-refractivity contribution < 1.29 is 9.53 Å². The van der Waals surface area contributed by atoms with Crippen molar-refractivity contribution in [2.24, 2.45) is 0 Å². The SMILES string of the molecule is CSN1CC2NC(=O)OC2C1. The zero-order chi connectivity index (χ0) is 7.84. The van der Waals surface area contributed by atoms with Crippen molar-refractivity contribution >= 4 is 18.0 Å². The van der Waals surface area contributed by atoms with Crippen molar-refractivity contribution in [2.75, 3.05) is 19.3 Å². The van der Waals surface area contributed by atoms with Crippen LogP contribution in [0.1, 0.15) is 0 Å². The van der Waals surface area contributed by atoms with Gasteiger partial charge in [0.2, 0.25) is 0 Å². The maximum Gasteiger partial charge on any atom is 0.407 e. The van der Waals surface area contributed by atoms with Crippen molar-refractivity contribution in [1.29, 1.82) is 0 Å². The average molecular weight is 174 g/mol. The molecule has 1 amide bonds. The molecule has 0 aromatic carbocycles. The van der Waals surface area contributed by atoms with Gasteiger partial charge in [-0.2, -0.15) is 0 Å². The second kappa shape index (κ2) is 2.57. The highest BCUT2D eigenvalue weighted by atomic mass is 32.2. The van der Waals surface area contributed by atoms with Crippen LogP contribution < -0.4 is 5.32 Å². The number of nitrogens with zero attached hydrogens (tertiary/aromatic N) is 1. The lowest BCUT2D eigenvalue weighted by Crippen LogP contribution is -2.31. The van der Waals surface area contributed by atoms with E-state index in [9.17, 15) is 4.79 Å². The van der Waals surface area contributed by atoms with Crippen LogP contribution in [0.2, 0.25) is 0 Å². The van der Waals surface area contributed by atoms with Crippen LogP contribution in [0.25, 0.3) is 0 Å². The summed E-state index contributed by atoms with van der Waals surface area (Å²) in [6, 6.07) is 0.218. The molecule has 0 aliphatic carbocycles. The number of carbonyl (C=O) groups is 1. The predicted molar refractivity (Wildman–Crippen MR) is 42.3 cm³/mol. The normalized spacial score (nSPS) is 36.6.